The van der Waals surface area contributed by atoms with Gasteiger partial charge in [0.05, 0.1) is 23.1 Å². The van der Waals surface area contributed by atoms with Crippen molar-refractivity contribution in [2.45, 2.75) is 31.1 Å². The van der Waals surface area contributed by atoms with Gasteiger partial charge in [-0.05, 0) is 43.0 Å². The van der Waals surface area contributed by atoms with Gasteiger partial charge in [0.2, 0.25) is 5.91 Å². The Morgan fingerprint density at radius 1 is 1.18 bits per heavy atom. The van der Waals surface area contributed by atoms with E-state index < -0.39 is 11.4 Å². The minimum Gasteiger partial charge on any atom is -0.481 e. The molecule has 2 aromatic rings. The standard InChI is InChI=1S/C22H22N2O3S/c1-15(13-23)14-28-19-9-5-4-8-18(19)24-20(25)12-22(21(26)27)10-16-6-2-3-7-17(16)11-22/h2-9,15H,10-12,14H2,1H3,(H,24,25)(H,26,27). The maximum atomic E-state index is 12.7. The number of fused-ring (bicyclic) bond motifs is 1. The summed E-state index contributed by atoms with van der Waals surface area (Å²) in [4.78, 5) is 25.7. The molecular weight excluding hydrogens is 372 g/mol. The lowest BCUT2D eigenvalue weighted by Crippen LogP contribution is -2.36. The van der Waals surface area contributed by atoms with Gasteiger partial charge < -0.3 is 10.4 Å². The number of nitrogens with zero attached hydrogens (tertiary/aromatic N) is 1. The van der Waals surface area contributed by atoms with Crippen LogP contribution in [-0.2, 0) is 22.4 Å². The molecule has 144 valence electrons. The molecular formula is C22H22N2O3S. The van der Waals surface area contributed by atoms with E-state index in [1.54, 1.807) is 6.07 Å². The first-order chi connectivity index (χ1) is 13.4. The van der Waals surface area contributed by atoms with E-state index >= 15 is 0 Å². The van der Waals surface area contributed by atoms with Crippen LogP contribution in [0.3, 0.4) is 0 Å². The van der Waals surface area contributed by atoms with Crippen LogP contribution >= 0.6 is 11.8 Å². The van der Waals surface area contributed by atoms with Crippen molar-refractivity contribution >= 4 is 29.3 Å². The molecule has 1 aliphatic carbocycles. The number of carbonyl (C=O) groups is 2. The SMILES string of the molecule is CC(C#N)CSc1ccccc1NC(=O)CC1(C(=O)O)Cc2ccccc2C1. The lowest BCUT2D eigenvalue weighted by Gasteiger charge is -2.23. The van der Waals surface area contributed by atoms with E-state index in [1.165, 1.54) is 11.8 Å². The number of hydrogen-bond acceptors (Lipinski definition) is 4. The molecule has 0 fully saturated rings. The molecule has 2 N–H and O–H groups in total. The number of para-hydroxylation sites is 1. The number of carboxylic acid groups (broad SMARTS) is 1. The quantitative estimate of drug-likeness (QED) is 0.689. The summed E-state index contributed by atoms with van der Waals surface area (Å²) in [6, 6.07) is 17.2. The van der Waals surface area contributed by atoms with Gasteiger partial charge in [0.1, 0.15) is 0 Å². The third kappa shape index (κ3) is 4.37. The molecule has 1 aliphatic rings. The lowest BCUT2D eigenvalue weighted by atomic mass is 9.81. The molecule has 6 heteroatoms. The van der Waals surface area contributed by atoms with Crippen LogP contribution in [0.5, 0.6) is 0 Å². The van der Waals surface area contributed by atoms with Gasteiger partial charge >= 0.3 is 5.97 Å². The predicted molar refractivity (Wildman–Crippen MR) is 109 cm³/mol. The van der Waals surface area contributed by atoms with Crippen molar-refractivity contribution in [3.8, 4) is 6.07 Å². The molecule has 5 nitrogen and oxygen atoms in total. The average Bonchev–Trinajstić information content (AvgIpc) is 3.06. The van der Waals surface area contributed by atoms with E-state index in [0.717, 1.165) is 16.0 Å². The third-order valence-electron chi connectivity index (χ3n) is 5.00. The van der Waals surface area contributed by atoms with Gasteiger partial charge in [-0.15, -0.1) is 11.8 Å². The first kappa shape index (κ1) is 20.0. The van der Waals surface area contributed by atoms with Gasteiger partial charge in [-0.2, -0.15) is 5.26 Å². The van der Waals surface area contributed by atoms with E-state index in [9.17, 15) is 14.7 Å². The summed E-state index contributed by atoms with van der Waals surface area (Å²) in [6.07, 6.45) is 0.647. The van der Waals surface area contributed by atoms with Crippen LogP contribution in [0.4, 0.5) is 5.69 Å². The largest absolute Gasteiger partial charge is 0.481 e. The second-order valence-electron chi connectivity index (χ2n) is 7.27. The van der Waals surface area contributed by atoms with Crippen molar-refractivity contribution in [2.24, 2.45) is 11.3 Å². The zero-order valence-electron chi connectivity index (χ0n) is 15.6. The van der Waals surface area contributed by atoms with E-state index in [2.05, 4.69) is 11.4 Å². The number of benzene rings is 2. The maximum absolute atomic E-state index is 12.7. The van der Waals surface area contributed by atoms with Crippen molar-refractivity contribution in [1.82, 2.24) is 0 Å². The number of aliphatic carboxylic acids is 1. The van der Waals surface area contributed by atoms with Gasteiger partial charge in [0, 0.05) is 17.1 Å². The van der Waals surface area contributed by atoms with Gasteiger partial charge in [-0.3, -0.25) is 9.59 Å². The zero-order chi connectivity index (χ0) is 20.1. The molecule has 1 atom stereocenters. The van der Waals surface area contributed by atoms with Crippen LogP contribution in [0.2, 0.25) is 0 Å². The predicted octanol–water partition coefficient (Wildman–Crippen LogP) is 4.14. The van der Waals surface area contributed by atoms with E-state index in [0.29, 0.717) is 24.3 Å². The highest BCUT2D eigenvalue weighted by Gasteiger charge is 2.45. The first-order valence-electron chi connectivity index (χ1n) is 9.15. The molecule has 0 bridgehead atoms. The highest BCUT2D eigenvalue weighted by Crippen LogP contribution is 2.40. The Morgan fingerprint density at radius 2 is 1.79 bits per heavy atom. The molecule has 0 aliphatic heterocycles. The molecule has 0 heterocycles. The second kappa shape index (κ2) is 8.49. The Kier molecular flexibility index (Phi) is 6.05. The maximum Gasteiger partial charge on any atom is 0.310 e. The molecule has 3 rings (SSSR count). The van der Waals surface area contributed by atoms with Crippen molar-refractivity contribution < 1.29 is 14.7 Å². The molecule has 0 saturated heterocycles. The summed E-state index contributed by atoms with van der Waals surface area (Å²) < 4.78 is 0. The summed E-state index contributed by atoms with van der Waals surface area (Å²) in [5.74, 6) is -0.723. The fourth-order valence-corrected chi connectivity index (χ4v) is 4.45. The van der Waals surface area contributed by atoms with Gasteiger partial charge in [-0.1, -0.05) is 36.4 Å². The molecule has 28 heavy (non-hydrogen) atoms. The monoisotopic (exact) mass is 394 g/mol. The van der Waals surface area contributed by atoms with Crippen molar-refractivity contribution in [1.29, 1.82) is 5.26 Å². The highest BCUT2D eigenvalue weighted by molar-refractivity contribution is 7.99. The fraction of sp³-hybridized carbons (Fsp3) is 0.318. The highest BCUT2D eigenvalue weighted by atomic mass is 32.2. The number of hydrogen-bond donors (Lipinski definition) is 2. The van der Waals surface area contributed by atoms with Crippen molar-refractivity contribution in [3.63, 3.8) is 0 Å². The van der Waals surface area contributed by atoms with Crippen LogP contribution < -0.4 is 5.32 Å². The summed E-state index contributed by atoms with van der Waals surface area (Å²) in [6.45, 7) is 1.85. The number of anilines is 1. The number of amides is 1. The zero-order valence-corrected chi connectivity index (χ0v) is 16.5. The topological polar surface area (TPSA) is 90.2 Å². The molecule has 1 amide bonds. The van der Waals surface area contributed by atoms with Crippen LogP contribution in [0.15, 0.2) is 53.4 Å². The number of rotatable bonds is 7. The average molecular weight is 394 g/mol. The van der Waals surface area contributed by atoms with Crippen LogP contribution in [0.1, 0.15) is 24.5 Å². The minimum absolute atomic E-state index is 0.0788. The van der Waals surface area contributed by atoms with E-state index in [4.69, 9.17) is 5.26 Å². The summed E-state index contributed by atoms with van der Waals surface area (Å²) in [5, 5.41) is 21.7. The van der Waals surface area contributed by atoms with Crippen molar-refractivity contribution in [3.05, 3.63) is 59.7 Å². The number of thioether (sulfide) groups is 1. The van der Waals surface area contributed by atoms with Crippen LogP contribution in [0, 0.1) is 22.7 Å². The van der Waals surface area contributed by atoms with Crippen molar-refractivity contribution in [2.75, 3.05) is 11.1 Å². The molecule has 0 radical (unpaired) electrons. The Labute approximate surface area is 168 Å². The Balaban J connectivity index is 1.72. The van der Waals surface area contributed by atoms with Gasteiger partial charge in [0.15, 0.2) is 0 Å². The number of carbonyl (C=O) groups excluding carboxylic acids is 1. The molecule has 0 saturated carbocycles. The minimum atomic E-state index is -1.11. The molecule has 2 aromatic carbocycles. The third-order valence-corrected chi connectivity index (χ3v) is 6.33. The summed E-state index contributed by atoms with van der Waals surface area (Å²) >= 11 is 1.51. The number of carboxylic acids is 1. The van der Waals surface area contributed by atoms with E-state index in [-0.39, 0.29) is 18.2 Å². The first-order valence-corrected chi connectivity index (χ1v) is 10.1. The normalized spacial score (nSPS) is 15.3. The van der Waals surface area contributed by atoms with Gasteiger partial charge in [0.25, 0.3) is 0 Å². The molecule has 0 spiro atoms. The number of nitrogens with one attached hydrogen (secondary N) is 1. The lowest BCUT2D eigenvalue weighted by molar-refractivity contribution is -0.150. The fourth-order valence-electron chi connectivity index (χ4n) is 3.50. The molecule has 1 unspecified atom stereocenters. The molecule has 0 aromatic heterocycles. The smallest absolute Gasteiger partial charge is 0.310 e. The Morgan fingerprint density at radius 3 is 2.39 bits per heavy atom. The summed E-state index contributed by atoms with van der Waals surface area (Å²) in [5.41, 5.74) is 1.54. The second-order valence-corrected chi connectivity index (χ2v) is 8.33. The Hall–Kier alpha value is -2.78. The van der Waals surface area contributed by atoms with Gasteiger partial charge in [-0.25, -0.2) is 0 Å². The number of nitriles is 1. The Bertz CT molecular complexity index is 910. The van der Waals surface area contributed by atoms with E-state index in [1.807, 2.05) is 49.4 Å². The van der Waals surface area contributed by atoms with Crippen LogP contribution in [0.25, 0.3) is 0 Å². The van der Waals surface area contributed by atoms with Crippen LogP contribution in [-0.4, -0.2) is 22.7 Å². The summed E-state index contributed by atoms with van der Waals surface area (Å²) in [7, 11) is 0.